The van der Waals surface area contributed by atoms with Gasteiger partial charge in [0.05, 0.1) is 34.1 Å². The number of carbonyl (C=O) groups excluding carboxylic acids is 1. The number of sulfonamides is 1. The Morgan fingerprint density at radius 2 is 2.03 bits per heavy atom. The fraction of sp³-hybridized carbons (Fsp3) is 0.381. The fourth-order valence-corrected chi connectivity index (χ4v) is 5.30. The summed E-state index contributed by atoms with van der Waals surface area (Å²) in [5, 5.41) is 13.7. The number of hydrogen-bond donors (Lipinski definition) is 1. The second-order valence-electron chi connectivity index (χ2n) is 7.64. The fourth-order valence-electron chi connectivity index (χ4n) is 3.88. The zero-order valence-corrected chi connectivity index (χ0v) is 19.3. The van der Waals surface area contributed by atoms with Crippen LogP contribution < -0.4 is 5.32 Å². The molecular formula is C21H24N6O6S. The Labute approximate surface area is 195 Å². The summed E-state index contributed by atoms with van der Waals surface area (Å²) in [6.45, 7) is 3.85. The average molecular weight is 489 g/mol. The highest BCUT2D eigenvalue weighted by Crippen LogP contribution is 2.25. The number of nitrogens with zero attached hydrogens (tertiary/aromatic N) is 5. The number of aryl methyl sites for hydroxylation is 2. The maximum Gasteiger partial charge on any atom is 0.310 e. The van der Waals surface area contributed by atoms with E-state index in [0.29, 0.717) is 44.2 Å². The SMILES string of the molecule is CCn1c(CCC(=O)Nc2ccncc2[N+](=O)[O-])nc2cc(S(=O)(=O)N3CCOCC3)ccc21. The third kappa shape index (κ3) is 4.76. The van der Waals surface area contributed by atoms with Crippen molar-refractivity contribution < 1.29 is 22.9 Å². The molecule has 1 aliphatic heterocycles. The minimum atomic E-state index is -3.66. The number of fused-ring (bicyclic) bond motifs is 1. The van der Waals surface area contributed by atoms with Gasteiger partial charge in [-0.25, -0.2) is 13.4 Å². The predicted molar refractivity (Wildman–Crippen MR) is 123 cm³/mol. The van der Waals surface area contributed by atoms with E-state index in [0.717, 1.165) is 11.7 Å². The predicted octanol–water partition coefficient (Wildman–Crippen LogP) is 1.95. The van der Waals surface area contributed by atoms with Crippen LogP contribution in [0.15, 0.2) is 41.6 Å². The summed E-state index contributed by atoms with van der Waals surface area (Å²) < 4.78 is 34.5. The summed E-state index contributed by atoms with van der Waals surface area (Å²) >= 11 is 0. The molecule has 4 rings (SSSR count). The number of anilines is 1. The van der Waals surface area contributed by atoms with Crippen LogP contribution in [0.5, 0.6) is 0 Å². The lowest BCUT2D eigenvalue weighted by Crippen LogP contribution is -2.40. The first kappa shape index (κ1) is 23.7. The lowest BCUT2D eigenvalue weighted by molar-refractivity contribution is -0.384. The van der Waals surface area contributed by atoms with Crippen molar-refractivity contribution in [2.45, 2.75) is 31.2 Å². The molecule has 12 nitrogen and oxygen atoms in total. The van der Waals surface area contributed by atoms with Crippen LogP contribution >= 0.6 is 0 Å². The number of rotatable bonds is 8. The summed E-state index contributed by atoms with van der Waals surface area (Å²) in [7, 11) is -3.66. The van der Waals surface area contributed by atoms with Crippen molar-refractivity contribution in [2.24, 2.45) is 0 Å². The highest BCUT2D eigenvalue weighted by atomic mass is 32.2. The topological polar surface area (TPSA) is 150 Å². The molecule has 1 aromatic carbocycles. The largest absolute Gasteiger partial charge is 0.379 e. The number of benzene rings is 1. The first-order valence-electron chi connectivity index (χ1n) is 10.8. The molecule has 1 amide bonds. The first-order valence-corrected chi connectivity index (χ1v) is 12.2. The Balaban J connectivity index is 1.53. The highest BCUT2D eigenvalue weighted by molar-refractivity contribution is 7.89. The van der Waals surface area contributed by atoms with Gasteiger partial charge < -0.3 is 14.6 Å². The summed E-state index contributed by atoms with van der Waals surface area (Å²) in [6, 6.07) is 6.22. The van der Waals surface area contributed by atoms with Crippen LogP contribution in [0.2, 0.25) is 0 Å². The molecule has 0 spiro atoms. The molecule has 1 N–H and O–H groups in total. The van der Waals surface area contributed by atoms with Gasteiger partial charge in [0.15, 0.2) is 0 Å². The number of imidazole rings is 1. The van der Waals surface area contributed by atoms with Crippen molar-refractivity contribution >= 4 is 38.3 Å². The minimum Gasteiger partial charge on any atom is -0.379 e. The molecule has 13 heteroatoms. The molecule has 180 valence electrons. The van der Waals surface area contributed by atoms with E-state index in [-0.39, 0.29) is 29.1 Å². The Kier molecular flexibility index (Phi) is 6.86. The van der Waals surface area contributed by atoms with Gasteiger partial charge in [0.1, 0.15) is 17.7 Å². The molecule has 0 saturated carbocycles. The van der Waals surface area contributed by atoms with Gasteiger partial charge in [0, 0.05) is 38.7 Å². The van der Waals surface area contributed by atoms with Crippen LogP contribution in [0.3, 0.4) is 0 Å². The zero-order chi connectivity index (χ0) is 24.3. The van der Waals surface area contributed by atoms with Crippen LogP contribution in [0.1, 0.15) is 19.2 Å². The van der Waals surface area contributed by atoms with Crippen LogP contribution in [-0.4, -0.2) is 64.4 Å². The molecule has 0 unspecified atom stereocenters. The number of morpholine rings is 1. The normalized spacial score (nSPS) is 14.9. The van der Waals surface area contributed by atoms with Crippen molar-refractivity contribution in [1.29, 1.82) is 0 Å². The number of pyridine rings is 1. The van der Waals surface area contributed by atoms with Crippen molar-refractivity contribution in [3.8, 4) is 0 Å². The number of amides is 1. The molecule has 3 heterocycles. The molecule has 0 bridgehead atoms. The van der Waals surface area contributed by atoms with Crippen LogP contribution in [0, 0.1) is 10.1 Å². The molecular weight excluding hydrogens is 464 g/mol. The van der Waals surface area contributed by atoms with Gasteiger partial charge >= 0.3 is 5.69 Å². The molecule has 3 aromatic rings. The van der Waals surface area contributed by atoms with E-state index in [1.54, 1.807) is 18.2 Å². The van der Waals surface area contributed by atoms with Gasteiger partial charge in [-0.1, -0.05) is 0 Å². The molecule has 2 aromatic heterocycles. The summed E-state index contributed by atoms with van der Waals surface area (Å²) in [5.41, 5.74) is 1.08. The lowest BCUT2D eigenvalue weighted by atomic mass is 10.2. The summed E-state index contributed by atoms with van der Waals surface area (Å²) in [6.07, 6.45) is 2.76. The van der Waals surface area contributed by atoms with E-state index in [1.807, 2.05) is 11.5 Å². The van der Waals surface area contributed by atoms with Crippen molar-refractivity contribution in [1.82, 2.24) is 18.8 Å². The number of hydrogen-bond acceptors (Lipinski definition) is 8. The van der Waals surface area contributed by atoms with E-state index in [2.05, 4.69) is 15.3 Å². The number of nitrogens with one attached hydrogen (secondary N) is 1. The van der Waals surface area contributed by atoms with E-state index in [1.165, 1.54) is 16.6 Å². The van der Waals surface area contributed by atoms with E-state index < -0.39 is 20.9 Å². The van der Waals surface area contributed by atoms with Crippen molar-refractivity contribution in [3.63, 3.8) is 0 Å². The third-order valence-electron chi connectivity index (χ3n) is 5.57. The number of carbonyl (C=O) groups is 1. The molecule has 1 aliphatic rings. The summed E-state index contributed by atoms with van der Waals surface area (Å²) in [4.78, 5) is 31.4. The van der Waals surface area contributed by atoms with Gasteiger partial charge in [-0.3, -0.25) is 19.9 Å². The second-order valence-corrected chi connectivity index (χ2v) is 9.58. The molecule has 0 aliphatic carbocycles. The Hall–Kier alpha value is -3.42. The van der Waals surface area contributed by atoms with Gasteiger partial charge in [-0.05, 0) is 31.2 Å². The smallest absolute Gasteiger partial charge is 0.310 e. The Bertz CT molecular complexity index is 1330. The molecule has 1 fully saturated rings. The number of nitro groups is 1. The van der Waals surface area contributed by atoms with Gasteiger partial charge in [-0.15, -0.1) is 0 Å². The lowest BCUT2D eigenvalue weighted by Gasteiger charge is -2.26. The molecule has 0 radical (unpaired) electrons. The Morgan fingerprint density at radius 3 is 2.74 bits per heavy atom. The maximum absolute atomic E-state index is 13.0. The van der Waals surface area contributed by atoms with E-state index in [9.17, 15) is 23.3 Å². The quantitative estimate of drug-likeness (QED) is 0.373. The van der Waals surface area contributed by atoms with Crippen LogP contribution in [-0.2, 0) is 32.5 Å². The van der Waals surface area contributed by atoms with Crippen LogP contribution in [0.25, 0.3) is 11.0 Å². The highest BCUT2D eigenvalue weighted by Gasteiger charge is 2.27. The number of ether oxygens (including phenoxy) is 1. The van der Waals surface area contributed by atoms with E-state index >= 15 is 0 Å². The average Bonchev–Trinajstić information content (AvgIpc) is 3.20. The first-order chi connectivity index (χ1) is 16.3. The molecule has 34 heavy (non-hydrogen) atoms. The maximum atomic E-state index is 13.0. The van der Waals surface area contributed by atoms with Gasteiger partial charge in [0.2, 0.25) is 15.9 Å². The van der Waals surface area contributed by atoms with Gasteiger partial charge in [-0.2, -0.15) is 4.31 Å². The zero-order valence-electron chi connectivity index (χ0n) is 18.5. The molecule has 1 saturated heterocycles. The summed E-state index contributed by atoms with van der Waals surface area (Å²) in [5.74, 6) is 0.220. The van der Waals surface area contributed by atoms with E-state index in [4.69, 9.17) is 4.74 Å². The molecule has 0 atom stereocenters. The Morgan fingerprint density at radius 1 is 1.26 bits per heavy atom. The number of aromatic nitrogens is 3. The van der Waals surface area contributed by atoms with Crippen molar-refractivity contribution in [2.75, 3.05) is 31.6 Å². The monoisotopic (exact) mass is 488 g/mol. The van der Waals surface area contributed by atoms with Crippen LogP contribution in [0.4, 0.5) is 11.4 Å². The third-order valence-corrected chi connectivity index (χ3v) is 7.46. The van der Waals surface area contributed by atoms with Gasteiger partial charge in [0.25, 0.3) is 0 Å². The minimum absolute atomic E-state index is 0.0434. The standard InChI is InChI=1S/C21H24N6O6S/c1-2-26-18-4-3-15(34(31,32)25-9-11-33-12-10-25)13-17(18)23-20(26)5-6-21(28)24-16-7-8-22-14-19(16)27(29)30/h3-4,7-8,13-14H,2,5-6,9-12H2,1H3,(H,22,24,28). The second kappa shape index (κ2) is 9.83. The van der Waals surface area contributed by atoms with Crippen molar-refractivity contribution in [3.05, 3.63) is 52.6 Å².